The number of benzene rings is 15. The zero-order valence-corrected chi connectivity index (χ0v) is 62.4. The molecule has 0 bridgehead atoms. The van der Waals surface area contributed by atoms with Gasteiger partial charge in [-0.25, -0.2) is 4.79 Å². The van der Waals surface area contributed by atoms with Crippen LogP contribution in [0.15, 0.2) is 340 Å². The van der Waals surface area contributed by atoms with Crippen molar-refractivity contribution in [2.75, 3.05) is 0 Å². The standard InChI is InChI=1S/C28H20O2.C27H20O.C27H22.C22H18O2/c1-17-11-13-23-25(15-17)30-26-16-18(2)12-14-24(26)28(23)21-9-5-3-7-19(21)27(29)20-8-4-6-10-22(20)28;1-17-11-13-23-25(15-17)28-26-16-18(2)12-14-24(26)27(23)21-9-5-3-7-19(21)20-8-4-6-10-22(20)27;1-19-11-15-21(16-12-19)27(22-17-13-20(2)14-18-22)25-9-5-3-7-23(25)24-8-4-6-10-26(24)27;1-15-7-11-17(12-8-15)22(18-13-9-16(2)10-14-18)20-6-4-3-5-19(20)21(23)24-22/h3-16H,1-2H3;3-16H,1-2H3;3-18H,1-2H3;3-14H,1-2H3. The van der Waals surface area contributed by atoms with E-state index in [4.69, 9.17) is 14.2 Å². The molecule has 0 aromatic heterocycles. The van der Waals surface area contributed by atoms with E-state index in [2.05, 4.69) is 310 Å². The highest BCUT2D eigenvalue weighted by Crippen LogP contribution is 2.64. The van der Waals surface area contributed by atoms with Crippen LogP contribution in [-0.4, -0.2) is 11.8 Å². The van der Waals surface area contributed by atoms with Crippen molar-refractivity contribution >= 4 is 11.8 Å². The quantitative estimate of drug-likeness (QED) is 0.164. The van der Waals surface area contributed by atoms with E-state index in [9.17, 15) is 9.59 Å². The first-order valence-corrected chi connectivity index (χ1v) is 37.7. The Balaban J connectivity index is 0.000000103. The summed E-state index contributed by atoms with van der Waals surface area (Å²) in [5.41, 5.74) is 32.6. The molecule has 2 spiro atoms. The molecular weight excluding hydrogens is 1330 g/mol. The van der Waals surface area contributed by atoms with Crippen molar-refractivity contribution < 1.29 is 23.8 Å². The third kappa shape index (κ3) is 10.6. The second-order valence-electron chi connectivity index (χ2n) is 30.1. The molecule has 0 atom stereocenters. The number of rotatable bonds is 4. The van der Waals surface area contributed by atoms with Crippen molar-refractivity contribution in [3.63, 3.8) is 0 Å². The van der Waals surface area contributed by atoms with Crippen molar-refractivity contribution in [2.45, 2.75) is 77.2 Å². The Labute approximate surface area is 638 Å². The van der Waals surface area contributed by atoms with Crippen molar-refractivity contribution in [3.05, 3.63) is 484 Å². The minimum absolute atomic E-state index is 0.0839. The molecule has 21 rings (SSSR count). The van der Waals surface area contributed by atoms with E-state index in [0.717, 1.165) is 84.2 Å². The number of hydrogen-bond acceptors (Lipinski definition) is 5. The summed E-state index contributed by atoms with van der Waals surface area (Å²) in [6.45, 7) is 16.8. The van der Waals surface area contributed by atoms with Gasteiger partial charge in [-0.2, -0.15) is 0 Å². The zero-order chi connectivity index (χ0) is 74.5. The van der Waals surface area contributed by atoms with Crippen LogP contribution in [0.3, 0.4) is 0 Å². The van der Waals surface area contributed by atoms with Gasteiger partial charge >= 0.3 is 5.97 Å². The number of ether oxygens (including phenoxy) is 3. The van der Waals surface area contributed by atoms with Crippen molar-refractivity contribution in [2.24, 2.45) is 0 Å². The first-order chi connectivity index (χ1) is 53.1. The summed E-state index contributed by atoms with van der Waals surface area (Å²) in [4.78, 5) is 26.0. The maximum atomic E-state index is 13.4. The second-order valence-corrected chi connectivity index (χ2v) is 30.1. The zero-order valence-electron chi connectivity index (χ0n) is 62.4. The fourth-order valence-electron chi connectivity index (χ4n) is 18.3. The van der Waals surface area contributed by atoms with Crippen LogP contribution >= 0.6 is 0 Å². The molecule has 0 N–H and O–H groups in total. The molecule has 0 unspecified atom stereocenters. The Kier molecular flexibility index (Phi) is 16.5. The minimum Gasteiger partial charge on any atom is -0.457 e. The molecular formula is C104H80O5. The van der Waals surface area contributed by atoms with Gasteiger partial charge in [-0.05, 0) is 175 Å². The van der Waals surface area contributed by atoms with Gasteiger partial charge in [0.25, 0.3) is 0 Å². The molecule has 3 aliphatic carbocycles. The van der Waals surface area contributed by atoms with E-state index in [1.807, 2.05) is 84.9 Å². The van der Waals surface area contributed by atoms with Crippen LogP contribution in [0.5, 0.6) is 23.0 Å². The lowest BCUT2D eigenvalue weighted by molar-refractivity contribution is 0.0251. The molecule has 15 aromatic rings. The van der Waals surface area contributed by atoms with Crippen LogP contribution < -0.4 is 9.47 Å². The van der Waals surface area contributed by atoms with Crippen LogP contribution in [0, 0.1) is 55.4 Å². The van der Waals surface area contributed by atoms with Gasteiger partial charge in [-0.15, -0.1) is 0 Å². The molecule has 0 radical (unpaired) electrons. The number of aryl methyl sites for hydroxylation is 8. The largest absolute Gasteiger partial charge is 0.457 e. The summed E-state index contributed by atoms with van der Waals surface area (Å²) in [6, 6.07) is 120. The molecule has 0 saturated carbocycles. The smallest absolute Gasteiger partial charge is 0.340 e. The predicted octanol–water partition coefficient (Wildman–Crippen LogP) is 24.5. The highest BCUT2D eigenvalue weighted by atomic mass is 16.6. The highest BCUT2D eigenvalue weighted by molar-refractivity contribution is 6.14. The Morgan fingerprint density at radius 2 is 0.431 bits per heavy atom. The van der Waals surface area contributed by atoms with Gasteiger partial charge in [0, 0.05) is 50.1 Å². The molecule has 0 amide bonds. The number of carbonyl (C=O) groups is 2. The van der Waals surface area contributed by atoms with E-state index in [1.54, 1.807) is 0 Å². The summed E-state index contributed by atoms with van der Waals surface area (Å²) in [6.07, 6.45) is 0. The number of ketones is 1. The Bertz CT molecular complexity index is 5810. The van der Waals surface area contributed by atoms with Gasteiger partial charge in [-0.3, -0.25) is 4.79 Å². The van der Waals surface area contributed by atoms with Gasteiger partial charge in [-0.1, -0.05) is 332 Å². The van der Waals surface area contributed by atoms with Crippen LogP contribution in [0.2, 0.25) is 0 Å². The molecule has 15 aromatic carbocycles. The number of hydrogen-bond donors (Lipinski definition) is 0. The monoisotopic (exact) mass is 1410 g/mol. The fraction of sp³-hybridized carbons (Fsp3) is 0.115. The number of cyclic esters (lactones) is 1. The van der Waals surface area contributed by atoms with Gasteiger partial charge in [0.1, 0.15) is 23.0 Å². The van der Waals surface area contributed by atoms with Crippen LogP contribution in [0.4, 0.5) is 0 Å². The summed E-state index contributed by atoms with van der Waals surface area (Å²) in [7, 11) is 0. The van der Waals surface area contributed by atoms with Gasteiger partial charge in [0.05, 0.1) is 21.8 Å². The van der Waals surface area contributed by atoms with E-state index >= 15 is 0 Å². The van der Waals surface area contributed by atoms with E-state index in [1.165, 1.54) is 100 Å². The Morgan fingerprint density at radius 3 is 0.734 bits per heavy atom. The lowest BCUT2D eigenvalue weighted by Crippen LogP contribution is -2.40. The van der Waals surface area contributed by atoms with Crippen molar-refractivity contribution in [1.82, 2.24) is 0 Å². The predicted molar refractivity (Wildman–Crippen MR) is 438 cm³/mol. The summed E-state index contributed by atoms with van der Waals surface area (Å²) in [5.74, 6) is 3.45. The maximum absolute atomic E-state index is 13.4. The van der Waals surface area contributed by atoms with Gasteiger partial charge in [0.15, 0.2) is 11.4 Å². The molecule has 0 saturated heterocycles. The van der Waals surface area contributed by atoms with Crippen LogP contribution in [-0.2, 0) is 26.6 Å². The summed E-state index contributed by atoms with van der Waals surface area (Å²) in [5, 5.41) is 0. The average Bonchev–Trinajstić information content (AvgIpc) is 1.54. The van der Waals surface area contributed by atoms with E-state index in [-0.39, 0.29) is 22.6 Å². The van der Waals surface area contributed by atoms with Crippen LogP contribution in [0.1, 0.15) is 154 Å². The first kappa shape index (κ1) is 67.9. The Hall–Kier alpha value is -13.0. The molecule has 3 heterocycles. The molecule has 3 aliphatic heterocycles. The lowest BCUT2D eigenvalue weighted by Gasteiger charge is -2.45. The topological polar surface area (TPSA) is 61.8 Å². The molecule has 6 aliphatic rings. The average molecular weight is 1410 g/mol. The summed E-state index contributed by atoms with van der Waals surface area (Å²) >= 11 is 0. The third-order valence-corrected chi connectivity index (χ3v) is 23.3. The number of esters is 1. The lowest BCUT2D eigenvalue weighted by atomic mass is 9.58. The number of fused-ring (bicyclic) bond motifs is 21. The normalized spacial score (nSPS) is 14.6. The van der Waals surface area contributed by atoms with Gasteiger partial charge < -0.3 is 14.2 Å². The highest BCUT2D eigenvalue weighted by Gasteiger charge is 2.54. The molecule has 5 heteroatoms. The summed E-state index contributed by atoms with van der Waals surface area (Å²) < 4.78 is 18.9. The van der Waals surface area contributed by atoms with Crippen molar-refractivity contribution in [3.8, 4) is 45.3 Å². The van der Waals surface area contributed by atoms with Crippen molar-refractivity contribution in [1.29, 1.82) is 0 Å². The van der Waals surface area contributed by atoms with E-state index in [0.29, 0.717) is 5.56 Å². The molecule has 526 valence electrons. The minimum atomic E-state index is -0.880. The molecule has 0 fully saturated rings. The van der Waals surface area contributed by atoms with Gasteiger partial charge in [0.2, 0.25) is 0 Å². The fourth-order valence-corrected chi connectivity index (χ4v) is 18.3. The SMILES string of the molecule is Cc1ccc(C2(c3ccc(C)cc3)OC(=O)c3ccccc32)cc1.Cc1ccc(C2(c3ccc(C)cc3)c3ccccc3-c3ccccc32)cc1.Cc1ccc2c(c1)Oc1cc(C)ccc1C21c2ccccc2-c2ccccc21.Cc1ccc2c(c1)Oc1cc(C)ccc1C21c2ccccc2C(=O)c2ccccc21. The molecule has 109 heavy (non-hydrogen) atoms. The Morgan fingerprint density at radius 1 is 0.202 bits per heavy atom. The number of carbonyl (C=O) groups excluding carboxylic acids is 2. The van der Waals surface area contributed by atoms with Crippen LogP contribution in [0.25, 0.3) is 22.3 Å². The first-order valence-electron chi connectivity index (χ1n) is 37.7. The maximum Gasteiger partial charge on any atom is 0.340 e. The third-order valence-electron chi connectivity index (χ3n) is 23.3. The molecule has 5 nitrogen and oxygen atoms in total. The second kappa shape index (κ2) is 26.5. The van der Waals surface area contributed by atoms with E-state index < -0.39 is 11.0 Å².